The molecule has 0 fully saturated rings. The van der Waals surface area contributed by atoms with Crippen LogP contribution in [0.2, 0.25) is 5.02 Å². The molecular weight excluding hydrogens is 301 g/mol. The molecule has 1 aromatic rings. The molecule has 0 amide bonds. The molecule has 0 spiro atoms. The first-order valence-electron chi connectivity index (χ1n) is 6.60. The van der Waals surface area contributed by atoms with Crippen LogP contribution >= 0.6 is 11.6 Å². The molecule has 0 aromatic heterocycles. The Kier molecular flexibility index (Phi) is 5.98. The van der Waals surface area contributed by atoms with E-state index in [9.17, 15) is 12.8 Å². The van der Waals surface area contributed by atoms with Crippen LogP contribution in [0, 0.1) is 23.6 Å². The second-order valence-corrected chi connectivity index (χ2v) is 7.70. The normalized spacial score (nSPS) is 12.7. The highest BCUT2D eigenvalue weighted by Crippen LogP contribution is 2.23. The van der Waals surface area contributed by atoms with Crippen LogP contribution in [0.1, 0.15) is 27.7 Å². The molecule has 1 aromatic carbocycles. The van der Waals surface area contributed by atoms with Crippen LogP contribution in [0.15, 0.2) is 23.1 Å². The van der Waals surface area contributed by atoms with E-state index in [0.29, 0.717) is 11.8 Å². The molecule has 0 bridgehead atoms. The van der Waals surface area contributed by atoms with Gasteiger partial charge in [0.25, 0.3) is 0 Å². The fourth-order valence-corrected chi connectivity index (χ4v) is 3.62. The zero-order chi connectivity index (χ0) is 15.5. The highest BCUT2D eigenvalue weighted by molar-refractivity contribution is 7.89. The van der Waals surface area contributed by atoms with Crippen molar-refractivity contribution in [1.82, 2.24) is 4.72 Å². The molecule has 0 aliphatic rings. The number of sulfonamides is 1. The number of nitrogens with one attached hydrogen (secondary N) is 1. The van der Waals surface area contributed by atoms with Crippen LogP contribution in [0.4, 0.5) is 4.39 Å². The lowest BCUT2D eigenvalue weighted by molar-refractivity contribution is 0.289. The molecule has 0 aliphatic heterocycles. The summed E-state index contributed by atoms with van der Waals surface area (Å²) in [7, 11) is -3.88. The fourth-order valence-electron chi connectivity index (χ4n) is 2.22. The molecule has 0 aliphatic carbocycles. The maximum absolute atomic E-state index is 13.8. The van der Waals surface area contributed by atoms with E-state index in [1.165, 1.54) is 18.2 Å². The Balaban J connectivity index is 2.93. The Morgan fingerprint density at radius 1 is 1.20 bits per heavy atom. The molecular formula is C14H21ClFNO2S. The molecule has 1 rings (SSSR count). The fraction of sp³-hybridized carbons (Fsp3) is 0.571. The van der Waals surface area contributed by atoms with Gasteiger partial charge < -0.3 is 0 Å². The summed E-state index contributed by atoms with van der Waals surface area (Å²) in [5, 5.41) is -0.197. The van der Waals surface area contributed by atoms with Crippen molar-refractivity contribution in [3.8, 4) is 0 Å². The van der Waals surface area contributed by atoms with Crippen molar-refractivity contribution in [3.63, 3.8) is 0 Å². The average Bonchev–Trinajstić information content (AvgIpc) is 2.31. The van der Waals surface area contributed by atoms with Crippen molar-refractivity contribution in [2.24, 2.45) is 17.8 Å². The van der Waals surface area contributed by atoms with Gasteiger partial charge in [0.1, 0.15) is 4.90 Å². The molecule has 0 radical (unpaired) electrons. The van der Waals surface area contributed by atoms with Gasteiger partial charge in [-0.05, 0) is 29.9 Å². The molecule has 1 N–H and O–H groups in total. The molecule has 0 heterocycles. The molecule has 0 saturated heterocycles. The lowest BCUT2D eigenvalue weighted by Crippen LogP contribution is -2.34. The third-order valence-electron chi connectivity index (χ3n) is 3.43. The lowest BCUT2D eigenvalue weighted by Gasteiger charge is -2.25. The van der Waals surface area contributed by atoms with Gasteiger partial charge in [-0.25, -0.2) is 17.5 Å². The third kappa shape index (κ3) is 4.17. The number of hydrogen-bond donors (Lipinski definition) is 1. The maximum atomic E-state index is 13.8. The van der Waals surface area contributed by atoms with Crippen LogP contribution in [0.25, 0.3) is 0 Å². The van der Waals surface area contributed by atoms with E-state index >= 15 is 0 Å². The summed E-state index contributed by atoms with van der Waals surface area (Å²) in [5.74, 6) is -0.0526. The summed E-state index contributed by atoms with van der Waals surface area (Å²) >= 11 is 5.62. The van der Waals surface area contributed by atoms with Crippen LogP contribution in [-0.2, 0) is 10.0 Å². The predicted molar refractivity (Wildman–Crippen MR) is 79.8 cm³/mol. The average molecular weight is 322 g/mol. The second kappa shape index (κ2) is 6.87. The van der Waals surface area contributed by atoms with E-state index in [2.05, 4.69) is 4.72 Å². The lowest BCUT2D eigenvalue weighted by atomic mass is 9.86. The largest absolute Gasteiger partial charge is 0.243 e. The first kappa shape index (κ1) is 17.4. The molecule has 6 heteroatoms. The van der Waals surface area contributed by atoms with Crippen molar-refractivity contribution in [2.45, 2.75) is 32.6 Å². The SMILES string of the molecule is CC(C)C(CNS(=O)(=O)c1cccc(Cl)c1F)C(C)C. The second-order valence-electron chi connectivity index (χ2n) is 5.56. The maximum Gasteiger partial charge on any atom is 0.243 e. The standard InChI is InChI=1S/C14H21ClFNO2S/c1-9(2)11(10(3)4)8-17-20(18,19)13-7-5-6-12(15)14(13)16/h5-7,9-11,17H,8H2,1-4H3. The number of rotatable bonds is 6. The number of benzene rings is 1. The summed E-state index contributed by atoms with van der Waals surface area (Å²) in [6, 6.07) is 3.95. The third-order valence-corrected chi connectivity index (χ3v) is 5.16. The highest BCUT2D eigenvalue weighted by atomic mass is 35.5. The molecule has 114 valence electrons. The van der Waals surface area contributed by atoms with Crippen molar-refractivity contribution in [3.05, 3.63) is 29.0 Å². The molecule has 3 nitrogen and oxygen atoms in total. The molecule has 0 saturated carbocycles. The summed E-state index contributed by atoms with van der Waals surface area (Å²) in [6.07, 6.45) is 0. The predicted octanol–water partition coefficient (Wildman–Crippen LogP) is 3.69. The van der Waals surface area contributed by atoms with Gasteiger partial charge in [0.05, 0.1) is 5.02 Å². The molecule has 0 unspecified atom stereocenters. The van der Waals surface area contributed by atoms with Crippen LogP contribution in [-0.4, -0.2) is 15.0 Å². The van der Waals surface area contributed by atoms with Crippen molar-refractivity contribution < 1.29 is 12.8 Å². The number of hydrogen-bond acceptors (Lipinski definition) is 2. The smallest absolute Gasteiger partial charge is 0.211 e. The van der Waals surface area contributed by atoms with E-state index in [1.807, 2.05) is 27.7 Å². The zero-order valence-electron chi connectivity index (χ0n) is 12.2. The van der Waals surface area contributed by atoms with Gasteiger partial charge in [-0.2, -0.15) is 0 Å². The minimum atomic E-state index is -3.88. The molecule has 20 heavy (non-hydrogen) atoms. The van der Waals surface area contributed by atoms with Gasteiger partial charge in [-0.1, -0.05) is 45.4 Å². The van der Waals surface area contributed by atoms with Gasteiger partial charge in [-0.3, -0.25) is 0 Å². The first-order chi connectivity index (χ1) is 9.16. The van der Waals surface area contributed by atoms with Gasteiger partial charge >= 0.3 is 0 Å². The number of halogens is 2. The summed E-state index contributed by atoms with van der Waals surface area (Å²) in [4.78, 5) is -0.406. The Hall–Kier alpha value is -0.650. The van der Waals surface area contributed by atoms with Crippen LogP contribution in [0.5, 0.6) is 0 Å². The van der Waals surface area contributed by atoms with Gasteiger partial charge in [0.15, 0.2) is 5.82 Å². The zero-order valence-corrected chi connectivity index (χ0v) is 13.7. The van der Waals surface area contributed by atoms with E-state index < -0.39 is 20.7 Å². The van der Waals surface area contributed by atoms with Crippen LogP contribution in [0.3, 0.4) is 0 Å². The highest BCUT2D eigenvalue weighted by Gasteiger charge is 2.24. The summed E-state index contributed by atoms with van der Waals surface area (Å²) < 4.78 is 40.6. The minimum Gasteiger partial charge on any atom is -0.211 e. The molecule has 0 atom stereocenters. The van der Waals surface area contributed by atoms with E-state index in [4.69, 9.17) is 11.6 Å². The van der Waals surface area contributed by atoms with Gasteiger partial charge in [0, 0.05) is 6.54 Å². The quantitative estimate of drug-likeness (QED) is 0.868. The Bertz CT molecular complexity index is 550. The summed E-state index contributed by atoms with van der Waals surface area (Å²) in [5.41, 5.74) is 0. The van der Waals surface area contributed by atoms with Crippen molar-refractivity contribution in [1.29, 1.82) is 0 Å². The Morgan fingerprint density at radius 3 is 2.25 bits per heavy atom. The Morgan fingerprint density at radius 2 is 1.75 bits per heavy atom. The minimum absolute atomic E-state index is 0.187. The van der Waals surface area contributed by atoms with Crippen molar-refractivity contribution >= 4 is 21.6 Å². The van der Waals surface area contributed by atoms with Crippen molar-refractivity contribution in [2.75, 3.05) is 6.54 Å². The topological polar surface area (TPSA) is 46.2 Å². The monoisotopic (exact) mass is 321 g/mol. The van der Waals surface area contributed by atoms with Gasteiger partial charge in [0.2, 0.25) is 10.0 Å². The van der Waals surface area contributed by atoms with Crippen LogP contribution < -0.4 is 4.72 Å². The van der Waals surface area contributed by atoms with Gasteiger partial charge in [-0.15, -0.1) is 0 Å². The van der Waals surface area contributed by atoms with E-state index in [-0.39, 0.29) is 17.5 Å². The van der Waals surface area contributed by atoms with E-state index in [1.54, 1.807) is 0 Å². The first-order valence-corrected chi connectivity index (χ1v) is 8.46. The summed E-state index contributed by atoms with van der Waals surface area (Å²) in [6.45, 7) is 8.44. The Labute approximate surface area is 125 Å². The van der Waals surface area contributed by atoms with E-state index in [0.717, 1.165) is 0 Å².